The van der Waals surface area contributed by atoms with Gasteiger partial charge < -0.3 is 9.47 Å². The monoisotopic (exact) mass is 380 g/mol. The third kappa shape index (κ3) is 3.07. The predicted molar refractivity (Wildman–Crippen MR) is 99.9 cm³/mol. The highest BCUT2D eigenvalue weighted by Gasteiger charge is 2.18. The Bertz CT molecular complexity index is 1220. The van der Waals surface area contributed by atoms with Crippen molar-refractivity contribution in [3.63, 3.8) is 0 Å². The molecule has 0 radical (unpaired) electrons. The summed E-state index contributed by atoms with van der Waals surface area (Å²) in [7, 11) is 1.52. The Kier molecular flexibility index (Phi) is 4.49. The second-order valence-electron chi connectivity index (χ2n) is 5.91. The molecule has 0 amide bonds. The number of ether oxygens (including phenoxy) is 2. The van der Waals surface area contributed by atoms with Gasteiger partial charge in [-0.25, -0.2) is 13.3 Å². The zero-order valence-electron chi connectivity index (χ0n) is 14.7. The van der Waals surface area contributed by atoms with Crippen LogP contribution in [0.3, 0.4) is 0 Å². The zero-order valence-corrected chi connectivity index (χ0v) is 14.7. The Morgan fingerprint density at radius 2 is 1.57 bits per heavy atom. The van der Waals surface area contributed by atoms with Crippen molar-refractivity contribution in [3.05, 3.63) is 88.7 Å². The average molecular weight is 380 g/mol. The molecule has 0 unspecified atom stereocenters. The topological polar surface area (TPSA) is 52.8 Å². The number of hydrogen-bond acceptors (Lipinski definition) is 4. The minimum Gasteiger partial charge on any atom is -0.493 e. The number of benzene rings is 2. The Morgan fingerprint density at radius 1 is 0.857 bits per heavy atom. The molecule has 0 fully saturated rings. The standard InChI is InChI=1S/C21H14F2N2O3/c1-27-17-7-2-3-8-18(17)28-19-10-9-15-21(16(26)11-12-25(15)24-19)20-13(22)5-4-6-14(20)23/h2-12H,1H3. The summed E-state index contributed by atoms with van der Waals surface area (Å²) < 4.78 is 40.8. The summed E-state index contributed by atoms with van der Waals surface area (Å²) in [4.78, 5) is 12.4. The summed E-state index contributed by atoms with van der Waals surface area (Å²) in [6.07, 6.45) is 1.41. The van der Waals surface area contributed by atoms with Crippen LogP contribution in [0.4, 0.5) is 8.78 Å². The molecule has 0 bridgehead atoms. The van der Waals surface area contributed by atoms with Gasteiger partial charge in [-0.3, -0.25) is 4.79 Å². The molecule has 0 N–H and O–H groups in total. The van der Waals surface area contributed by atoms with Gasteiger partial charge in [-0.15, -0.1) is 5.10 Å². The molecule has 0 atom stereocenters. The molecule has 2 aromatic heterocycles. The molecule has 0 spiro atoms. The molecule has 4 aromatic rings. The quantitative estimate of drug-likeness (QED) is 0.525. The van der Waals surface area contributed by atoms with Crippen molar-refractivity contribution < 1.29 is 18.3 Å². The lowest BCUT2D eigenvalue weighted by atomic mass is 10.0. The van der Waals surface area contributed by atoms with Gasteiger partial charge in [0.15, 0.2) is 16.9 Å². The molecule has 0 aliphatic carbocycles. The summed E-state index contributed by atoms with van der Waals surface area (Å²) in [6, 6.07) is 14.8. The fraction of sp³-hybridized carbons (Fsp3) is 0.0476. The van der Waals surface area contributed by atoms with Crippen LogP contribution >= 0.6 is 0 Å². The van der Waals surface area contributed by atoms with Crippen molar-refractivity contribution >= 4 is 5.52 Å². The van der Waals surface area contributed by atoms with E-state index < -0.39 is 17.1 Å². The lowest BCUT2D eigenvalue weighted by molar-refractivity contribution is 0.372. The van der Waals surface area contributed by atoms with E-state index in [2.05, 4.69) is 5.10 Å². The maximum absolute atomic E-state index is 14.2. The fourth-order valence-electron chi connectivity index (χ4n) is 2.94. The first kappa shape index (κ1) is 17.7. The summed E-state index contributed by atoms with van der Waals surface area (Å²) >= 11 is 0. The molecule has 2 aromatic carbocycles. The van der Waals surface area contributed by atoms with Gasteiger partial charge in [-0.1, -0.05) is 18.2 Å². The molecule has 28 heavy (non-hydrogen) atoms. The van der Waals surface area contributed by atoms with E-state index in [-0.39, 0.29) is 22.5 Å². The van der Waals surface area contributed by atoms with Crippen molar-refractivity contribution in [3.8, 4) is 28.5 Å². The summed E-state index contributed by atoms with van der Waals surface area (Å²) in [5, 5.41) is 4.29. The van der Waals surface area contributed by atoms with E-state index in [0.717, 1.165) is 12.1 Å². The van der Waals surface area contributed by atoms with Gasteiger partial charge in [0.2, 0.25) is 5.88 Å². The molecule has 4 rings (SSSR count). The Hall–Kier alpha value is -3.74. The summed E-state index contributed by atoms with van der Waals surface area (Å²) in [5.74, 6) is -0.434. The van der Waals surface area contributed by atoms with E-state index in [1.54, 1.807) is 24.3 Å². The van der Waals surface area contributed by atoms with Crippen molar-refractivity contribution in [2.75, 3.05) is 7.11 Å². The van der Waals surface area contributed by atoms with E-state index in [1.165, 1.54) is 42.1 Å². The Balaban J connectivity index is 1.85. The highest BCUT2D eigenvalue weighted by molar-refractivity contribution is 5.80. The van der Waals surface area contributed by atoms with E-state index >= 15 is 0 Å². The van der Waals surface area contributed by atoms with Crippen LogP contribution < -0.4 is 14.9 Å². The number of fused-ring (bicyclic) bond motifs is 1. The lowest BCUT2D eigenvalue weighted by Gasteiger charge is -2.12. The van der Waals surface area contributed by atoms with E-state index in [1.807, 2.05) is 0 Å². The van der Waals surface area contributed by atoms with Crippen molar-refractivity contribution in [2.45, 2.75) is 0 Å². The second-order valence-corrected chi connectivity index (χ2v) is 5.91. The predicted octanol–water partition coefficient (Wildman–Crippen LogP) is 4.44. The average Bonchev–Trinajstić information content (AvgIpc) is 2.70. The number of pyridine rings is 1. The van der Waals surface area contributed by atoms with Crippen LogP contribution in [0.15, 0.2) is 71.7 Å². The molecule has 0 aliphatic rings. The number of hydrogen-bond donors (Lipinski definition) is 0. The number of aromatic nitrogens is 2. The van der Waals surface area contributed by atoms with Gasteiger partial charge in [0.25, 0.3) is 0 Å². The van der Waals surface area contributed by atoms with Crippen LogP contribution in [0, 0.1) is 11.6 Å². The molecule has 0 saturated carbocycles. The fourth-order valence-corrected chi connectivity index (χ4v) is 2.94. The van der Waals surface area contributed by atoms with Gasteiger partial charge in [-0.2, -0.15) is 0 Å². The Morgan fingerprint density at radius 3 is 2.29 bits per heavy atom. The van der Waals surface area contributed by atoms with E-state index in [4.69, 9.17) is 9.47 Å². The molecule has 140 valence electrons. The lowest BCUT2D eigenvalue weighted by Crippen LogP contribution is -2.11. The van der Waals surface area contributed by atoms with Crippen LogP contribution in [0.2, 0.25) is 0 Å². The maximum Gasteiger partial charge on any atom is 0.237 e. The van der Waals surface area contributed by atoms with Crippen LogP contribution in [-0.2, 0) is 0 Å². The second kappa shape index (κ2) is 7.11. The van der Waals surface area contributed by atoms with Gasteiger partial charge in [0.1, 0.15) is 11.6 Å². The van der Waals surface area contributed by atoms with E-state index in [0.29, 0.717) is 11.5 Å². The highest BCUT2D eigenvalue weighted by atomic mass is 19.1. The van der Waals surface area contributed by atoms with Crippen LogP contribution in [0.25, 0.3) is 16.6 Å². The maximum atomic E-state index is 14.2. The van der Waals surface area contributed by atoms with Crippen LogP contribution in [-0.4, -0.2) is 16.7 Å². The van der Waals surface area contributed by atoms with Crippen molar-refractivity contribution in [2.24, 2.45) is 0 Å². The number of methoxy groups -OCH3 is 1. The number of halogens is 2. The minimum absolute atomic E-state index is 0.102. The largest absolute Gasteiger partial charge is 0.493 e. The number of rotatable bonds is 4. The van der Waals surface area contributed by atoms with Gasteiger partial charge >= 0.3 is 0 Å². The molecule has 7 heteroatoms. The Labute approximate surface area is 158 Å². The molecule has 2 heterocycles. The highest BCUT2D eigenvalue weighted by Crippen LogP contribution is 2.31. The molecular weight excluding hydrogens is 366 g/mol. The van der Waals surface area contributed by atoms with E-state index in [9.17, 15) is 13.6 Å². The first-order chi connectivity index (χ1) is 13.6. The first-order valence-electron chi connectivity index (χ1n) is 8.36. The van der Waals surface area contributed by atoms with Crippen LogP contribution in [0.1, 0.15) is 0 Å². The van der Waals surface area contributed by atoms with Gasteiger partial charge in [0.05, 0.1) is 23.8 Å². The minimum atomic E-state index is -0.820. The number of nitrogens with zero attached hydrogens (tertiary/aromatic N) is 2. The summed E-state index contributed by atoms with van der Waals surface area (Å²) in [5.41, 5.74) is -0.742. The van der Waals surface area contributed by atoms with Crippen LogP contribution in [0.5, 0.6) is 17.4 Å². The van der Waals surface area contributed by atoms with Crippen molar-refractivity contribution in [1.29, 1.82) is 0 Å². The smallest absolute Gasteiger partial charge is 0.237 e. The van der Waals surface area contributed by atoms with Gasteiger partial charge in [-0.05, 0) is 30.3 Å². The SMILES string of the molecule is COc1ccccc1Oc1ccc2c(-c3c(F)cccc3F)c(=O)ccn2n1. The van der Waals surface area contributed by atoms with Gasteiger partial charge in [0, 0.05) is 18.3 Å². The third-order valence-corrected chi connectivity index (χ3v) is 4.20. The zero-order chi connectivity index (χ0) is 19.7. The summed E-state index contributed by atoms with van der Waals surface area (Å²) in [6.45, 7) is 0. The third-order valence-electron chi connectivity index (χ3n) is 4.20. The van der Waals surface area contributed by atoms with Crippen molar-refractivity contribution in [1.82, 2.24) is 9.61 Å². The molecule has 5 nitrogen and oxygen atoms in total. The molecule has 0 aliphatic heterocycles. The number of para-hydroxylation sites is 2. The normalized spacial score (nSPS) is 10.8. The first-order valence-corrected chi connectivity index (χ1v) is 8.36. The molecular formula is C21H14F2N2O3. The molecule has 0 saturated heterocycles.